The number of anilines is 2. The molecule has 0 unspecified atom stereocenters. The Labute approximate surface area is 170 Å². The molecule has 0 aliphatic carbocycles. The predicted octanol–water partition coefficient (Wildman–Crippen LogP) is 3.09. The lowest BCUT2D eigenvalue weighted by atomic mass is 10.0. The number of hydrogen-bond donors (Lipinski definition) is 1. The van der Waals surface area contributed by atoms with E-state index in [0.717, 1.165) is 30.0 Å². The third-order valence-corrected chi connectivity index (χ3v) is 6.87. The quantitative estimate of drug-likeness (QED) is 0.804. The van der Waals surface area contributed by atoms with E-state index in [1.807, 2.05) is 25.1 Å². The van der Waals surface area contributed by atoms with Crippen LogP contribution in [0.5, 0.6) is 0 Å². The van der Waals surface area contributed by atoms with E-state index in [1.165, 1.54) is 6.26 Å². The molecule has 1 fully saturated rings. The fraction of sp³-hybridized carbons (Fsp3) is 0.474. The van der Waals surface area contributed by atoms with Gasteiger partial charge in [-0.25, -0.2) is 13.4 Å². The van der Waals surface area contributed by atoms with Gasteiger partial charge in [0.15, 0.2) is 9.84 Å². The number of nitrogens with two attached hydrogens (primary N) is 1. The Morgan fingerprint density at radius 2 is 2.07 bits per heavy atom. The van der Waals surface area contributed by atoms with E-state index in [9.17, 15) is 8.42 Å². The Morgan fingerprint density at radius 3 is 2.71 bits per heavy atom. The number of nitrogen functional groups attached to an aromatic ring is 1. The summed E-state index contributed by atoms with van der Waals surface area (Å²) in [6, 6.07) is 7.15. The summed E-state index contributed by atoms with van der Waals surface area (Å²) in [5.74, 6) is 0.951. The van der Waals surface area contributed by atoms with Gasteiger partial charge in [0.05, 0.1) is 17.9 Å². The van der Waals surface area contributed by atoms with E-state index in [4.69, 9.17) is 22.1 Å². The zero-order chi connectivity index (χ0) is 20.5. The van der Waals surface area contributed by atoms with Crippen molar-refractivity contribution in [3.63, 3.8) is 0 Å². The Balaban J connectivity index is 2.01. The maximum atomic E-state index is 11.9. The van der Waals surface area contributed by atoms with Crippen LogP contribution in [0.1, 0.15) is 41.5 Å². The largest absolute Gasteiger partial charge is 0.379 e. The molecule has 0 bridgehead atoms. The normalized spacial score (nSPS) is 19.3. The van der Waals surface area contributed by atoms with E-state index < -0.39 is 15.1 Å². The van der Waals surface area contributed by atoms with Gasteiger partial charge in [-0.15, -0.1) is 0 Å². The van der Waals surface area contributed by atoms with Crippen molar-refractivity contribution in [2.45, 2.75) is 31.6 Å². The molecular weight excluding hydrogens is 400 g/mol. The summed E-state index contributed by atoms with van der Waals surface area (Å²) in [5.41, 5.74) is 8.17. The fourth-order valence-electron chi connectivity index (χ4n) is 3.34. The summed E-state index contributed by atoms with van der Waals surface area (Å²) in [4.78, 5) is 10.7. The molecule has 2 atom stereocenters. The van der Waals surface area contributed by atoms with Gasteiger partial charge in [-0.3, -0.25) is 0 Å². The molecule has 2 aromatic rings. The van der Waals surface area contributed by atoms with Crippen LogP contribution in [-0.2, 0) is 14.6 Å². The Hall–Kier alpha value is -1.90. The molecule has 9 heteroatoms. The predicted molar refractivity (Wildman–Crippen MR) is 111 cm³/mol. The summed E-state index contributed by atoms with van der Waals surface area (Å²) in [5, 5.41) is -0.114. The van der Waals surface area contributed by atoms with Crippen molar-refractivity contribution in [2.24, 2.45) is 0 Å². The molecule has 1 aromatic carbocycles. The van der Waals surface area contributed by atoms with Gasteiger partial charge in [-0.05, 0) is 37.5 Å². The van der Waals surface area contributed by atoms with E-state index in [2.05, 4.69) is 14.9 Å². The van der Waals surface area contributed by atoms with Crippen LogP contribution in [0.2, 0.25) is 5.02 Å². The molecule has 0 saturated carbocycles. The lowest BCUT2D eigenvalue weighted by Crippen LogP contribution is -2.32. The number of nitrogens with zero attached hydrogens (tertiary/aromatic N) is 3. The maximum Gasteiger partial charge on any atom is 0.222 e. The minimum absolute atomic E-state index is 0.161. The monoisotopic (exact) mass is 424 g/mol. The van der Waals surface area contributed by atoms with Gasteiger partial charge in [0.25, 0.3) is 0 Å². The number of sulfone groups is 1. The van der Waals surface area contributed by atoms with E-state index >= 15 is 0 Å². The van der Waals surface area contributed by atoms with E-state index in [1.54, 1.807) is 13.0 Å². The molecule has 2 heterocycles. The number of aryl methyl sites for hydroxylation is 1. The Bertz CT molecular complexity index is 947. The average molecular weight is 425 g/mol. The standard InChI is InChI=1S/C19H25ClN4O3S/c1-12-9-18(23-19(21)22-12)24-7-4-8-27-11-17(24)15-6-5-14(10-16(15)20)13(2)28(3,25)26/h5-6,9-10,13,17H,4,7-8,11H2,1-3H3,(H2,21,22,23)/t13-,17-/m0/s1. The first-order valence-electron chi connectivity index (χ1n) is 9.10. The fourth-order valence-corrected chi connectivity index (χ4v) is 4.30. The van der Waals surface area contributed by atoms with Gasteiger partial charge in [-0.1, -0.05) is 23.7 Å². The number of hydrogen-bond acceptors (Lipinski definition) is 7. The summed E-state index contributed by atoms with van der Waals surface area (Å²) in [6.45, 7) is 5.36. The summed E-state index contributed by atoms with van der Waals surface area (Å²) < 4.78 is 29.5. The molecule has 0 spiro atoms. The first-order valence-corrected chi connectivity index (χ1v) is 11.4. The number of halogens is 1. The van der Waals surface area contributed by atoms with Crippen molar-refractivity contribution >= 4 is 33.2 Å². The molecule has 2 N–H and O–H groups in total. The molecule has 0 radical (unpaired) electrons. The lowest BCUT2D eigenvalue weighted by Gasteiger charge is -2.31. The van der Waals surface area contributed by atoms with E-state index in [0.29, 0.717) is 23.8 Å². The highest BCUT2D eigenvalue weighted by atomic mass is 35.5. The van der Waals surface area contributed by atoms with Crippen LogP contribution >= 0.6 is 11.6 Å². The lowest BCUT2D eigenvalue weighted by molar-refractivity contribution is 0.134. The van der Waals surface area contributed by atoms with Gasteiger partial charge in [-0.2, -0.15) is 4.98 Å². The number of rotatable bonds is 4. The van der Waals surface area contributed by atoms with Crippen LogP contribution in [0.25, 0.3) is 0 Å². The van der Waals surface area contributed by atoms with Crippen molar-refractivity contribution in [1.29, 1.82) is 0 Å². The van der Waals surface area contributed by atoms with Crippen LogP contribution in [-0.4, -0.2) is 44.4 Å². The van der Waals surface area contributed by atoms with Crippen LogP contribution in [0.3, 0.4) is 0 Å². The molecule has 28 heavy (non-hydrogen) atoms. The van der Waals surface area contributed by atoms with Crippen molar-refractivity contribution in [2.75, 3.05) is 36.6 Å². The molecule has 0 amide bonds. The molecule has 1 aliphatic heterocycles. The minimum atomic E-state index is -3.20. The van der Waals surface area contributed by atoms with Gasteiger partial charge in [0, 0.05) is 36.2 Å². The molecule has 3 rings (SSSR count). The topological polar surface area (TPSA) is 98.4 Å². The highest BCUT2D eigenvalue weighted by molar-refractivity contribution is 7.90. The van der Waals surface area contributed by atoms with Crippen LogP contribution < -0.4 is 10.6 Å². The van der Waals surface area contributed by atoms with Crippen molar-refractivity contribution < 1.29 is 13.2 Å². The highest BCUT2D eigenvalue weighted by Crippen LogP contribution is 2.35. The zero-order valence-corrected chi connectivity index (χ0v) is 17.8. The van der Waals surface area contributed by atoms with Crippen molar-refractivity contribution in [3.05, 3.63) is 46.1 Å². The summed E-state index contributed by atoms with van der Waals surface area (Å²) >= 11 is 6.59. The van der Waals surface area contributed by atoms with Crippen molar-refractivity contribution in [3.8, 4) is 0 Å². The number of aromatic nitrogens is 2. The number of benzene rings is 1. The van der Waals surface area contributed by atoms with Gasteiger partial charge < -0.3 is 15.4 Å². The van der Waals surface area contributed by atoms with Gasteiger partial charge in [0.1, 0.15) is 5.82 Å². The maximum absolute atomic E-state index is 11.9. The second-order valence-corrected chi connectivity index (χ2v) is 9.89. The van der Waals surface area contributed by atoms with Gasteiger partial charge >= 0.3 is 0 Å². The third-order valence-electron chi connectivity index (χ3n) is 4.99. The second-order valence-electron chi connectivity index (χ2n) is 7.12. The smallest absolute Gasteiger partial charge is 0.222 e. The van der Waals surface area contributed by atoms with Crippen LogP contribution in [0.4, 0.5) is 11.8 Å². The summed E-state index contributed by atoms with van der Waals surface area (Å²) in [6.07, 6.45) is 2.07. The molecule has 152 valence electrons. The molecule has 7 nitrogen and oxygen atoms in total. The molecule has 1 saturated heterocycles. The molecular formula is C19H25ClN4O3S. The Kier molecular flexibility index (Phi) is 6.12. The van der Waals surface area contributed by atoms with Crippen LogP contribution in [0.15, 0.2) is 24.3 Å². The second kappa shape index (κ2) is 8.23. The Morgan fingerprint density at radius 1 is 1.32 bits per heavy atom. The van der Waals surface area contributed by atoms with Crippen LogP contribution in [0, 0.1) is 6.92 Å². The summed E-state index contributed by atoms with van der Waals surface area (Å²) in [7, 11) is -3.20. The average Bonchev–Trinajstić information content (AvgIpc) is 2.85. The molecule has 1 aliphatic rings. The first-order chi connectivity index (χ1) is 13.2. The minimum Gasteiger partial charge on any atom is -0.379 e. The van der Waals surface area contributed by atoms with Gasteiger partial charge in [0.2, 0.25) is 5.95 Å². The van der Waals surface area contributed by atoms with Crippen molar-refractivity contribution in [1.82, 2.24) is 9.97 Å². The number of ether oxygens (including phenoxy) is 1. The zero-order valence-electron chi connectivity index (χ0n) is 16.2. The third kappa shape index (κ3) is 4.56. The SMILES string of the molecule is Cc1cc(N2CCCOC[C@H]2c2ccc([C@H](C)S(C)(=O)=O)cc2Cl)nc(N)n1. The first kappa shape index (κ1) is 20.8. The molecule has 1 aromatic heterocycles. The van der Waals surface area contributed by atoms with E-state index in [-0.39, 0.29) is 12.0 Å². The highest BCUT2D eigenvalue weighted by Gasteiger charge is 2.28.